The highest BCUT2D eigenvalue weighted by Gasteiger charge is 2.33. The summed E-state index contributed by atoms with van der Waals surface area (Å²) in [5, 5.41) is 0. The van der Waals surface area contributed by atoms with Crippen LogP contribution in [0.2, 0.25) is 0 Å². The number of nitrogens with two attached hydrogens (primary N) is 1. The average molecular weight is 198 g/mol. The molecule has 14 heavy (non-hydrogen) atoms. The van der Waals surface area contributed by atoms with Crippen molar-refractivity contribution in [2.75, 3.05) is 6.54 Å². The highest BCUT2D eigenvalue weighted by molar-refractivity contribution is 5.73. The maximum Gasteiger partial charge on any atom is 0.316 e. The molecule has 2 aromatic rings. The number of alkyl halides is 2. The lowest BCUT2D eigenvalue weighted by molar-refractivity contribution is -0.00236. The highest BCUT2D eigenvalue weighted by Crippen LogP contribution is 2.25. The van der Waals surface area contributed by atoms with Crippen LogP contribution in [0.4, 0.5) is 8.78 Å². The largest absolute Gasteiger partial charge is 0.336 e. The van der Waals surface area contributed by atoms with Gasteiger partial charge in [-0.3, -0.25) is 4.98 Å². The SMILES string of the molecule is NCC(F)(F)c1nc2ccncc2[nH]1. The lowest BCUT2D eigenvalue weighted by Crippen LogP contribution is -2.26. The Morgan fingerprint density at radius 2 is 2.29 bits per heavy atom. The molecule has 6 heteroatoms. The Hall–Kier alpha value is -1.56. The molecule has 0 fully saturated rings. The van der Waals surface area contributed by atoms with Gasteiger partial charge in [-0.15, -0.1) is 0 Å². The van der Waals surface area contributed by atoms with Crippen LogP contribution in [0.5, 0.6) is 0 Å². The molecule has 2 heterocycles. The van der Waals surface area contributed by atoms with Crippen molar-refractivity contribution in [1.29, 1.82) is 0 Å². The topological polar surface area (TPSA) is 67.6 Å². The van der Waals surface area contributed by atoms with Crippen LogP contribution in [0.25, 0.3) is 11.0 Å². The minimum Gasteiger partial charge on any atom is -0.336 e. The molecule has 0 aliphatic carbocycles. The standard InChI is InChI=1S/C8H8F2N4/c9-8(10,4-11)7-13-5-1-2-12-3-6(5)14-7/h1-3H,4,11H2,(H,13,14). The molecule has 0 radical (unpaired) electrons. The molecule has 0 spiro atoms. The van der Waals surface area contributed by atoms with Gasteiger partial charge in [-0.1, -0.05) is 0 Å². The lowest BCUT2D eigenvalue weighted by Gasteiger charge is -2.08. The summed E-state index contributed by atoms with van der Waals surface area (Å²) < 4.78 is 26.2. The van der Waals surface area contributed by atoms with Crippen LogP contribution in [0, 0.1) is 0 Å². The summed E-state index contributed by atoms with van der Waals surface area (Å²) in [5.41, 5.74) is 5.88. The molecule has 0 saturated carbocycles. The van der Waals surface area contributed by atoms with E-state index in [1.54, 1.807) is 6.07 Å². The molecule has 74 valence electrons. The molecule has 2 rings (SSSR count). The van der Waals surface area contributed by atoms with E-state index < -0.39 is 18.3 Å². The van der Waals surface area contributed by atoms with Crippen molar-refractivity contribution in [2.45, 2.75) is 5.92 Å². The molecule has 2 aromatic heterocycles. The number of rotatable bonds is 2. The third kappa shape index (κ3) is 1.33. The molecule has 4 nitrogen and oxygen atoms in total. The number of hydrogen-bond donors (Lipinski definition) is 2. The van der Waals surface area contributed by atoms with Crippen molar-refractivity contribution in [2.24, 2.45) is 5.73 Å². The third-order valence-corrected chi connectivity index (χ3v) is 1.89. The number of halogens is 2. The zero-order valence-electron chi connectivity index (χ0n) is 7.17. The van der Waals surface area contributed by atoms with Crippen LogP contribution in [0.15, 0.2) is 18.5 Å². The van der Waals surface area contributed by atoms with E-state index in [9.17, 15) is 8.78 Å². The zero-order valence-corrected chi connectivity index (χ0v) is 7.17. The fourth-order valence-corrected chi connectivity index (χ4v) is 1.13. The van der Waals surface area contributed by atoms with Crippen LogP contribution < -0.4 is 5.73 Å². The number of hydrogen-bond acceptors (Lipinski definition) is 3. The number of aromatic amines is 1. The first kappa shape index (κ1) is 9.01. The van der Waals surface area contributed by atoms with E-state index in [1.165, 1.54) is 12.4 Å². The van der Waals surface area contributed by atoms with E-state index >= 15 is 0 Å². The second-order valence-corrected chi connectivity index (χ2v) is 2.89. The van der Waals surface area contributed by atoms with E-state index in [4.69, 9.17) is 5.73 Å². The summed E-state index contributed by atoms with van der Waals surface area (Å²) >= 11 is 0. The lowest BCUT2D eigenvalue weighted by atomic mass is 10.3. The number of imidazole rings is 1. The molecule has 0 bridgehead atoms. The number of fused-ring (bicyclic) bond motifs is 1. The normalized spacial score (nSPS) is 12.2. The fraction of sp³-hybridized carbons (Fsp3) is 0.250. The summed E-state index contributed by atoms with van der Waals surface area (Å²) in [7, 11) is 0. The first-order valence-electron chi connectivity index (χ1n) is 4.01. The van der Waals surface area contributed by atoms with Crippen molar-refractivity contribution >= 4 is 11.0 Å². The van der Waals surface area contributed by atoms with Gasteiger partial charge in [0.1, 0.15) is 0 Å². The van der Waals surface area contributed by atoms with Crippen LogP contribution in [0.1, 0.15) is 5.82 Å². The summed E-state index contributed by atoms with van der Waals surface area (Å²) in [5.74, 6) is -3.53. The van der Waals surface area contributed by atoms with Crippen molar-refractivity contribution < 1.29 is 8.78 Å². The first-order valence-corrected chi connectivity index (χ1v) is 4.01. The van der Waals surface area contributed by atoms with E-state index in [-0.39, 0.29) is 0 Å². The molecule has 0 atom stereocenters. The predicted molar refractivity (Wildman–Crippen MR) is 46.8 cm³/mol. The average Bonchev–Trinajstić information content (AvgIpc) is 2.61. The molecule has 0 aliphatic heterocycles. The maximum absolute atomic E-state index is 13.1. The molecule has 0 unspecified atom stereocenters. The quantitative estimate of drug-likeness (QED) is 0.756. The Bertz CT molecular complexity index is 418. The molecule has 0 aromatic carbocycles. The maximum atomic E-state index is 13.1. The van der Waals surface area contributed by atoms with Gasteiger partial charge in [0.05, 0.1) is 23.8 Å². The molecular formula is C8H8F2N4. The third-order valence-electron chi connectivity index (χ3n) is 1.89. The Kier molecular flexibility index (Phi) is 1.92. The van der Waals surface area contributed by atoms with Gasteiger partial charge in [-0.05, 0) is 6.07 Å². The van der Waals surface area contributed by atoms with E-state index in [1.807, 2.05) is 0 Å². The Balaban J connectivity index is 2.55. The number of H-pyrrole nitrogens is 1. The zero-order chi connectivity index (χ0) is 10.2. The molecule has 0 aliphatic rings. The summed E-state index contributed by atoms with van der Waals surface area (Å²) in [4.78, 5) is 10.00. The van der Waals surface area contributed by atoms with Crippen molar-refractivity contribution in [3.05, 3.63) is 24.3 Å². The minimum atomic E-state index is -3.11. The van der Waals surface area contributed by atoms with Gasteiger partial charge in [0.15, 0.2) is 5.82 Å². The monoisotopic (exact) mass is 198 g/mol. The number of nitrogens with one attached hydrogen (secondary N) is 1. The fourth-order valence-electron chi connectivity index (χ4n) is 1.13. The summed E-state index contributed by atoms with van der Waals surface area (Å²) in [6.45, 7) is -0.764. The van der Waals surface area contributed by atoms with E-state index in [2.05, 4.69) is 15.0 Å². The number of pyridine rings is 1. The Labute approximate surface area is 78.2 Å². The van der Waals surface area contributed by atoms with Gasteiger partial charge >= 0.3 is 5.92 Å². The second-order valence-electron chi connectivity index (χ2n) is 2.89. The van der Waals surface area contributed by atoms with Gasteiger partial charge in [0, 0.05) is 6.20 Å². The predicted octanol–water partition coefficient (Wildman–Crippen LogP) is 1.01. The van der Waals surface area contributed by atoms with Gasteiger partial charge < -0.3 is 10.7 Å². The smallest absolute Gasteiger partial charge is 0.316 e. The van der Waals surface area contributed by atoms with E-state index in [0.29, 0.717) is 11.0 Å². The van der Waals surface area contributed by atoms with Crippen molar-refractivity contribution in [3.8, 4) is 0 Å². The Morgan fingerprint density at radius 3 is 2.93 bits per heavy atom. The second kappa shape index (κ2) is 2.98. The van der Waals surface area contributed by atoms with Gasteiger partial charge in [0.25, 0.3) is 0 Å². The highest BCUT2D eigenvalue weighted by atomic mass is 19.3. The molecule has 0 amide bonds. The summed E-state index contributed by atoms with van der Waals surface area (Å²) in [6, 6.07) is 1.56. The Morgan fingerprint density at radius 1 is 1.50 bits per heavy atom. The van der Waals surface area contributed by atoms with Gasteiger partial charge in [0.2, 0.25) is 0 Å². The van der Waals surface area contributed by atoms with Crippen LogP contribution in [-0.2, 0) is 5.92 Å². The van der Waals surface area contributed by atoms with Crippen molar-refractivity contribution in [1.82, 2.24) is 15.0 Å². The number of nitrogens with zero attached hydrogens (tertiary/aromatic N) is 2. The van der Waals surface area contributed by atoms with E-state index in [0.717, 1.165) is 0 Å². The van der Waals surface area contributed by atoms with Gasteiger partial charge in [-0.2, -0.15) is 8.78 Å². The van der Waals surface area contributed by atoms with Crippen LogP contribution >= 0.6 is 0 Å². The molecular weight excluding hydrogens is 190 g/mol. The molecule has 0 saturated heterocycles. The summed E-state index contributed by atoms with van der Waals surface area (Å²) in [6.07, 6.45) is 2.94. The first-order chi connectivity index (χ1) is 6.63. The van der Waals surface area contributed by atoms with Crippen LogP contribution in [0.3, 0.4) is 0 Å². The van der Waals surface area contributed by atoms with Gasteiger partial charge in [-0.25, -0.2) is 4.98 Å². The minimum absolute atomic E-state index is 0.414. The van der Waals surface area contributed by atoms with Crippen LogP contribution in [-0.4, -0.2) is 21.5 Å². The van der Waals surface area contributed by atoms with Crippen molar-refractivity contribution in [3.63, 3.8) is 0 Å². The molecule has 3 N–H and O–H groups in total. The number of aromatic nitrogens is 3.